The molecule has 0 aromatic carbocycles. The van der Waals surface area contributed by atoms with Gasteiger partial charge in [-0.1, -0.05) is 6.07 Å². The molecule has 0 saturated carbocycles. The van der Waals surface area contributed by atoms with Gasteiger partial charge < -0.3 is 9.80 Å². The smallest absolute Gasteiger partial charge is 0.264 e. The second kappa shape index (κ2) is 8.15. The highest BCUT2D eigenvalue weighted by Gasteiger charge is 2.24. The monoisotopic (exact) mass is 390 g/mol. The molecule has 3 aromatic heterocycles. The third-order valence-corrected chi connectivity index (χ3v) is 5.62. The van der Waals surface area contributed by atoms with Crippen molar-refractivity contribution in [3.63, 3.8) is 0 Å². The highest BCUT2D eigenvalue weighted by Crippen LogP contribution is 2.24. The first-order valence-electron chi connectivity index (χ1n) is 8.95. The highest BCUT2D eigenvalue weighted by molar-refractivity contribution is 7.12. The van der Waals surface area contributed by atoms with Crippen molar-refractivity contribution in [2.75, 3.05) is 31.1 Å². The van der Waals surface area contributed by atoms with Crippen LogP contribution in [0.25, 0.3) is 0 Å². The summed E-state index contributed by atoms with van der Waals surface area (Å²) in [5.41, 5.74) is 1.52. The molecule has 1 amide bonds. The zero-order chi connectivity index (χ0) is 19.3. The first kappa shape index (κ1) is 18.1. The van der Waals surface area contributed by atoms with Crippen LogP contribution in [0, 0.1) is 11.3 Å². The number of piperazine rings is 1. The van der Waals surface area contributed by atoms with Gasteiger partial charge in [-0.15, -0.1) is 11.3 Å². The molecule has 0 radical (unpaired) electrons. The van der Waals surface area contributed by atoms with Gasteiger partial charge in [-0.05, 0) is 29.1 Å². The van der Waals surface area contributed by atoms with Gasteiger partial charge in [0.15, 0.2) is 0 Å². The van der Waals surface area contributed by atoms with Gasteiger partial charge in [-0.3, -0.25) is 9.78 Å². The van der Waals surface area contributed by atoms with Crippen LogP contribution in [0.2, 0.25) is 0 Å². The second-order valence-electron chi connectivity index (χ2n) is 6.40. The first-order valence-corrected chi connectivity index (χ1v) is 9.83. The summed E-state index contributed by atoms with van der Waals surface area (Å²) in [6.07, 6.45) is 4.84. The molecular weight excluding hydrogens is 372 g/mol. The number of carbonyl (C=O) groups is 1. The molecule has 4 rings (SSSR count). The van der Waals surface area contributed by atoms with Crippen LogP contribution in [0.1, 0.15) is 26.8 Å². The molecule has 140 valence electrons. The van der Waals surface area contributed by atoms with Crippen LogP contribution < -0.4 is 4.90 Å². The number of carbonyl (C=O) groups excluding carboxylic acids is 1. The van der Waals surface area contributed by atoms with Gasteiger partial charge in [0.25, 0.3) is 5.91 Å². The lowest BCUT2D eigenvalue weighted by Crippen LogP contribution is -2.49. The highest BCUT2D eigenvalue weighted by atomic mass is 32.1. The molecule has 1 fully saturated rings. The van der Waals surface area contributed by atoms with Crippen LogP contribution in [0.15, 0.2) is 54.4 Å². The summed E-state index contributed by atoms with van der Waals surface area (Å²) >= 11 is 1.47. The third-order valence-electron chi connectivity index (χ3n) is 4.76. The summed E-state index contributed by atoms with van der Waals surface area (Å²) in [7, 11) is 0. The molecule has 1 saturated heterocycles. The Hall–Kier alpha value is -3.31. The van der Waals surface area contributed by atoms with Gasteiger partial charge in [0.05, 0.1) is 16.6 Å². The van der Waals surface area contributed by atoms with Crippen LogP contribution in [-0.4, -0.2) is 51.9 Å². The van der Waals surface area contributed by atoms with Crippen molar-refractivity contribution in [2.24, 2.45) is 0 Å². The summed E-state index contributed by atoms with van der Waals surface area (Å²) in [5, 5.41) is 11.5. The minimum atomic E-state index is -0.466. The first-order chi connectivity index (χ1) is 13.8. The van der Waals surface area contributed by atoms with Crippen LogP contribution in [0.4, 0.5) is 5.82 Å². The number of hydrogen-bond acceptors (Lipinski definition) is 7. The Balaban J connectivity index is 1.47. The average Bonchev–Trinajstić information content (AvgIpc) is 3.30. The van der Waals surface area contributed by atoms with E-state index in [9.17, 15) is 10.1 Å². The Bertz CT molecular complexity index is 977. The van der Waals surface area contributed by atoms with Gasteiger partial charge in [0.2, 0.25) is 0 Å². The Morgan fingerprint density at radius 3 is 2.61 bits per heavy atom. The van der Waals surface area contributed by atoms with Crippen LogP contribution >= 0.6 is 11.3 Å². The van der Waals surface area contributed by atoms with E-state index in [1.807, 2.05) is 40.6 Å². The fourth-order valence-electron chi connectivity index (χ4n) is 3.25. The van der Waals surface area contributed by atoms with E-state index < -0.39 is 5.92 Å². The molecule has 4 heterocycles. The van der Waals surface area contributed by atoms with E-state index in [4.69, 9.17) is 0 Å². The van der Waals surface area contributed by atoms with Crippen molar-refractivity contribution >= 4 is 23.1 Å². The topological polar surface area (TPSA) is 86.0 Å². The zero-order valence-electron chi connectivity index (χ0n) is 15.1. The average molecular weight is 390 g/mol. The fourth-order valence-corrected chi connectivity index (χ4v) is 3.95. The number of aromatic nitrogens is 3. The Morgan fingerprint density at radius 1 is 1.14 bits per heavy atom. The summed E-state index contributed by atoms with van der Waals surface area (Å²) in [6.45, 7) is 2.67. The molecule has 7 nitrogen and oxygen atoms in total. The summed E-state index contributed by atoms with van der Waals surface area (Å²) < 4.78 is 0. The van der Waals surface area contributed by atoms with Crippen molar-refractivity contribution in [1.29, 1.82) is 5.26 Å². The van der Waals surface area contributed by atoms with E-state index in [0.717, 1.165) is 16.3 Å². The van der Waals surface area contributed by atoms with Gasteiger partial charge in [-0.25, -0.2) is 9.97 Å². The van der Waals surface area contributed by atoms with Crippen LogP contribution in [-0.2, 0) is 0 Å². The number of amides is 1. The molecule has 0 aliphatic carbocycles. The lowest BCUT2D eigenvalue weighted by atomic mass is 9.98. The number of anilines is 1. The number of rotatable bonds is 4. The summed E-state index contributed by atoms with van der Waals surface area (Å²) in [4.78, 5) is 30.0. The lowest BCUT2D eigenvalue weighted by molar-refractivity contribution is 0.0751. The molecule has 1 atom stereocenters. The second-order valence-corrected chi connectivity index (χ2v) is 7.35. The number of thiophene rings is 1. The van der Waals surface area contributed by atoms with Crippen molar-refractivity contribution in [2.45, 2.75) is 5.92 Å². The van der Waals surface area contributed by atoms with E-state index in [2.05, 4.69) is 25.9 Å². The quantitative estimate of drug-likeness (QED) is 0.680. The minimum Gasteiger partial charge on any atom is -0.353 e. The van der Waals surface area contributed by atoms with Gasteiger partial charge in [0, 0.05) is 44.6 Å². The molecule has 1 aliphatic heterocycles. The van der Waals surface area contributed by atoms with E-state index in [1.165, 1.54) is 17.7 Å². The molecule has 28 heavy (non-hydrogen) atoms. The molecule has 0 bridgehead atoms. The van der Waals surface area contributed by atoms with Gasteiger partial charge in [-0.2, -0.15) is 5.26 Å². The van der Waals surface area contributed by atoms with E-state index >= 15 is 0 Å². The molecule has 0 spiro atoms. The van der Waals surface area contributed by atoms with Gasteiger partial charge in [0.1, 0.15) is 18.1 Å². The van der Waals surface area contributed by atoms with Crippen LogP contribution in [0.5, 0.6) is 0 Å². The number of nitrogens with zero attached hydrogens (tertiary/aromatic N) is 6. The van der Waals surface area contributed by atoms with Crippen molar-refractivity contribution in [3.8, 4) is 6.07 Å². The molecule has 0 N–H and O–H groups in total. The van der Waals surface area contributed by atoms with Crippen molar-refractivity contribution in [1.82, 2.24) is 19.9 Å². The van der Waals surface area contributed by atoms with E-state index in [-0.39, 0.29) is 5.91 Å². The van der Waals surface area contributed by atoms with E-state index in [0.29, 0.717) is 31.9 Å². The lowest BCUT2D eigenvalue weighted by Gasteiger charge is -2.35. The minimum absolute atomic E-state index is 0.0836. The fraction of sp³-hybridized carbons (Fsp3) is 0.250. The molecule has 1 unspecified atom stereocenters. The van der Waals surface area contributed by atoms with Gasteiger partial charge >= 0.3 is 0 Å². The maximum atomic E-state index is 12.5. The zero-order valence-corrected chi connectivity index (χ0v) is 15.9. The molecule has 3 aromatic rings. The predicted molar refractivity (Wildman–Crippen MR) is 106 cm³/mol. The Kier molecular flexibility index (Phi) is 5.26. The van der Waals surface area contributed by atoms with Crippen molar-refractivity contribution < 1.29 is 4.79 Å². The van der Waals surface area contributed by atoms with E-state index in [1.54, 1.807) is 12.4 Å². The van der Waals surface area contributed by atoms with Crippen LogP contribution in [0.3, 0.4) is 0 Å². The molecule has 8 heteroatoms. The number of nitriles is 1. The predicted octanol–water partition coefficient (Wildman–Crippen LogP) is 2.55. The third kappa shape index (κ3) is 3.70. The van der Waals surface area contributed by atoms with Crippen molar-refractivity contribution in [3.05, 3.63) is 70.6 Å². The SMILES string of the molecule is N#CC(c1ccncc1)c1cc(N2CCN(C(=O)c3cccs3)CC2)ncn1. The summed E-state index contributed by atoms with van der Waals surface area (Å²) in [5.74, 6) is 0.397. The summed E-state index contributed by atoms with van der Waals surface area (Å²) in [6, 6.07) is 11.6. The largest absolute Gasteiger partial charge is 0.353 e. The molecule has 1 aliphatic rings. The maximum Gasteiger partial charge on any atom is 0.264 e. The Labute approximate surface area is 166 Å². The number of pyridine rings is 1. The maximum absolute atomic E-state index is 12.5. The normalized spacial score (nSPS) is 15.1. The number of hydrogen-bond donors (Lipinski definition) is 0. The standard InChI is InChI=1S/C20H18N6OS/c21-13-16(15-3-5-22-6-4-15)17-12-19(24-14-23-17)25-7-9-26(10-8-25)20(27)18-2-1-11-28-18/h1-6,11-12,14,16H,7-10H2. The molecular formula is C20H18N6OS. The Morgan fingerprint density at radius 2 is 1.93 bits per heavy atom.